The van der Waals surface area contributed by atoms with Gasteiger partial charge in [0.25, 0.3) is 0 Å². The first-order valence-electron chi connectivity index (χ1n) is 7.69. The Kier molecular flexibility index (Phi) is 5.06. The van der Waals surface area contributed by atoms with Crippen LogP contribution in [0.25, 0.3) is 0 Å². The Balaban J connectivity index is 1.75. The number of hydrogen-bond acceptors (Lipinski definition) is 2. The molecule has 0 saturated heterocycles. The Morgan fingerprint density at radius 1 is 1.53 bits per heavy atom. The van der Waals surface area contributed by atoms with E-state index in [1.807, 2.05) is 0 Å². The van der Waals surface area contributed by atoms with Crippen LogP contribution in [-0.4, -0.2) is 21.8 Å². The summed E-state index contributed by atoms with van der Waals surface area (Å²) in [6, 6.07) is 2.16. The van der Waals surface area contributed by atoms with Crippen molar-refractivity contribution in [3.8, 4) is 0 Å². The van der Waals surface area contributed by atoms with Gasteiger partial charge in [0.15, 0.2) is 0 Å². The maximum atomic E-state index is 10.5. The molecule has 0 aliphatic heterocycles. The van der Waals surface area contributed by atoms with Crippen LogP contribution in [0.15, 0.2) is 18.5 Å². The molecule has 1 aromatic heterocycles. The zero-order valence-electron chi connectivity index (χ0n) is 12.4. The first-order chi connectivity index (χ1) is 9.11. The highest BCUT2D eigenvalue weighted by Crippen LogP contribution is 2.31. The summed E-state index contributed by atoms with van der Waals surface area (Å²) in [4.78, 5) is 0. The summed E-state index contributed by atoms with van der Waals surface area (Å²) in [6.45, 7) is 7.10. The molecule has 2 unspecified atom stereocenters. The van der Waals surface area contributed by atoms with Crippen LogP contribution in [0.3, 0.4) is 0 Å². The van der Waals surface area contributed by atoms with Crippen molar-refractivity contribution in [1.82, 2.24) is 9.88 Å². The first-order valence-corrected chi connectivity index (χ1v) is 7.69. The maximum Gasteiger partial charge on any atom is 0.0774 e. The lowest BCUT2D eigenvalue weighted by atomic mass is 9.79. The second-order valence-electron chi connectivity index (χ2n) is 6.29. The molecule has 1 aromatic rings. The van der Waals surface area contributed by atoms with E-state index in [-0.39, 0.29) is 0 Å². The van der Waals surface area contributed by atoms with E-state index in [4.69, 9.17) is 0 Å². The molecule has 1 aliphatic rings. The molecule has 2 rings (SSSR count). The smallest absolute Gasteiger partial charge is 0.0774 e. The highest BCUT2D eigenvalue weighted by molar-refractivity contribution is 5.10. The predicted octanol–water partition coefficient (Wildman–Crippen LogP) is 2.93. The summed E-state index contributed by atoms with van der Waals surface area (Å²) < 4.78 is 2.23. The summed E-state index contributed by atoms with van der Waals surface area (Å²) >= 11 is 0. The van der Waals surface area contributed by atoms with Crippen LogP contribution in [0.4, 0.5) is 0 Å². The molecule has 1 aliphatic carbocycles. The van der Waals surface area contributed by atoms with Gasteiger partial charge in [0.05, 0.1) is 5.60 Å². The van der Waals surface area contributed by atoms with Crippen LogP contribution in [0.1, 0.15) is 51.5 Å². The molecule has 19 heavy (non-hydrogen) atoms. The van der Waals surface area contributed by atoms with Gasteiger partial charge in [-0.15, -0.1) is 0 Å². The molecule has 2 atom stereocenters. The predicted molar refractivity (Wildman–Crippen MR) is 79.0 cm³/mol. The van der Waals surface area contributed by atoms with Gasteiger partial charge < -0.3 is 15.0 Å². The molecule has 0 radical (unpaired) electrons. The minimum atomic E-state index is -0.482. The fraction of sp³-hybridized carbons (Fsp3) is 0.750. The molecule has 1 fully saturated rings. The van der Waals surface area contributed by atoms with E-state index in [1.54, 1.807) is 0 Å². The molecule has 2 N–H and O–H groups in total. The van der Waals surface area contributed by atoms with Crippen molar-refractivity contribution in [3.63, 3.8) is 0 Å². The van der Waals surface area contributed by atoms with Crippen molar-refractivity contribution >= 4 is 0 Å². The SMILES string of the molecule is CCCn1ccc(CNCC2(O)CCCC(C)C2)c1. The van der Waals surface area contributed by atoms with E-state index in [1.165, 1.54) is 18.4 Å². The fourth-order valence-electron chi connectivity index (χ4n) is 3.22. The summed E-state index contributed by atoms with van der Waals surface area (Å²) in [6.07, 6.45) is 9.81. The average molecular weight is 264 g/mol. The van der Waals surface area contributed by atoms with Crippen LogP contribution in [-0.2, 0) is 13.1 Å². The second kappa shape index (κ2) is 6.58. The highest BCUT2D eigenvalue weighted by atomic mass is 16.3. The maximum absolute atomic E-state index is 10.5. The topological polar surface area (TPSA) is 37.2 Å². The van der Waals surface area contributed by atoms with Crippen molar-refractivity contribution in [3.05, 3.63) is 24.0 Å². The third-order valence-electron chi connectivity index (χ3n) is 4.14. The van der Waals surface area contributed by atoms with E-state index in [2.05, 4.69) is 42.2 Å². The van der Waals surface area contributed by atoms with Gasteiger partial charge in [0.2, 0.25) is 0 Å². The molecular formula is C16H28N2O. The number of aryl methyl sites for hydroxylation is 1. The summed E-state index contributed by atoms with van der Waals surface area (Å²) in [7, 11) is 0. The van der Waals surface area contributed by atoms with Crippen molar-refractivity contribution in [1.29, 1.82) is 0 Å². The Morgan fingerprint density at radius 2 is 2.37 bits per heavy atom. The van der Waals surface area contributed by atoms with Gasteiger partial charge in [-0.25, -0.2) is 0 Å². The highest BCUT2D eigenvalue weighted by Gasteiger charge is 2.31. The number of hydrogen-bond donors (Lipinski definition) is 2. The standard InChI is InChI=1S/C16H28N2O/c1-3-8-18-9-6-15(12-18)11-17-13-16(19)7-4-5-14(2)10-16/h6,9,12,14,17,19H,3-5,7-8,10-11,13H2,1-2H3. The van der Waals surface area contributed by atoms with E-state index in [9.17, 15) is 5.11 Å². The molecule has 3 heteroatoms. The van der Waals surface area contributed by atoms with Crippen molar-refractivity contribution in [2.75, 3.05) is 6.54 Å². The van der Waals surface area contributed by atoms with E-state index >= 15 is 0 Å². The van der Waals surface area contributed by atoms with Gasteiger partial charge in [-0.05, 0) is 36.8 Å². The molecule has 108 valence electrons. The molecule has 3 nitrogen and oxygen atoms in total. The first kappa shape index (κ1) is 14.6. The lowest BCUT2D eigenvalue weighted by Crippen LogP contribution is -2.43. The van der Waals surface area contributed by atoms with Gasteiger partial charge >= 0.3 is 0 Å². The van der Waals surface area contributed by atoms with Gasteiger partial charge in [0, 0.05) is 32.0 Å². The number of nitrogens with zero attached hydrogens (tertiary/aromatic N) is 1. The van der Waals surface area contributed by atoms with Crippen molar-refractivity contribution in [2.45, 2.75) is 64.6 Å². The minimum Gasteiger partial charge on any atom is -0.389 e. The Labute approximate surface area is 117 Å². The van der Waals surface area contributed by atoms with Gasteiger partial charge in [-0.1, -0.05) is 26.7 Å². The van der Waals surface area contributed by atoms with Crippen LogP contribution in [0.5, 0.6) is 0 Å². The molecular weight excluding hydrogens is 236 g/mol. The van der Waals surface area contributed by atoms with Crippen LogP contribution in [0.2, 0.25) is 0 Å². The molecule has 0 aromatic carbocycles. The van der Waals surface area contributed by atoms with Crippen LogP contribution in [0, 0.1) is 5.92 Å². The normalized spacial score (nSPS) is 27.6. The molecule has 1 saturated carbocycles. The molecule has 1 heterocycles. The Bertz CT molecular complexity index is 388. The van der Waals surface area contributed by atoms with Gasteiger partial charge in [-0.2, -0.15) is 0 Å². The van der Waals surface area contributed by atoms with E-state index in [0.717, 1.165) is 38.9 Å². The Hall–Kier alpha value is -0.800. The molecule has 0 amide bonds. The molecule has 0 spiro atoms. The summed E-state index contributed by atoms with van der Waals surface area (Å²) in [5.74, 6) is 0.659. The Morgan fingerprint density at radius 3 is 3.11 bits per heavy atom. The number of rotatable bonds is 6. The minimum absolute atomic E-state index is 0.482. The number of nitrogens with one attached hydrogen (secondary N) is 1. The van der Waals surface area contributed by atoms with E-state index < -0.39 is 5.60 Å². The van der Waals surface area contributed by atoms with Crippen molar-refractivity contribution in [2.24, 2.45) is 5.92 Å². The summed E-state index contributed by atoms with van der Waals surface area (Å²) in [5.41, 5.74) is 0.824. The third kappa shape index (κ3) is 4.36. The zero-order valence-corrected chi connectivity index (χ0v) is 12.4. The lowest BCUT2D eigenvalue weighted by Gasteiger charge is -2.35. The number of aliphatic hydroxyl groups is 1. The largest absolute Gasteiger partial charge is 0.389 e. The zero-order chi connectivity index (χ0) is 13.7. The van der Waals surface area contributed by atoms with Crippen LogP contribution < -0.4 is 5.32 Å². The number of aromatic nitrogens is 1. The molecule has 0 bridgehead atoms. The van der Waals surface area contributed by atoms with Gasteiger partial charge in [-0.3, -0.25) is 0 Å². The monoisotopic (exact) mass is 264 g/mol. The fourth-order valence-corrected chi connectivity index (χ4v) is 3.22. The van der Waals surface area contributed by atoms with E-state index in [0.29, 0.717) is 5.92 Å². The van der Waals surface area contributed by atoms with Gasteiger partial charge in [0.1, 0.15) is 0 Å². The summed E-state index contributed by atoms with van der Waals surface area (Å²) in [5, 5.41) is 14.0. The van der Waals surface area contributed by atoms with Crippen LogP contribution >= 0.6 is 0 Å². The lowest BCUT2D eigenvalue weighted by molar-refractivity contribution is -0.0119. The quantitative estimate of drug-likeness (QED) is 0.829. The van der Waals surface area contributed by atoms with Crippen molar-refractivity contribution < 1.29 is 5.11 Å². The second-order valence-corrected chi connectivity index (χ2v) is 6.29. The third-order valence-corrected chi connectivity index (χ3v) is 4.14. The average Bonchev–Trinajstić information content (AvgIpc) is 2.77.